The molecule has 0 saturated heterocycles. The molecule has 11 nitrogen and oxygen atoms in total. The lowest BCUT2D eigenvalue weighted by Crippen LogP contribution is -2.24. The monoisotopic (exact) mass is 458 g/mol. The summed E-state index contributed by atoms with van der Waals surface area (Å²) in [5.74, 6) is 1.92. The topological polar surface area (TPSA) is 148 Å². The van der Waals surface area contributed by atoms with E-state index in [1.54, 1.807) is 12.3 Å². The average Bonchev–Trinajstić information content (AvgIpc) is 3.08. The molecular formula is C20H26N8O3S. The van der Waals surface area contributed by atoms with Crippen molar-refractivity contribution in [2.75, 3.05) is 24.8 Å². The fourth-order valence-corrected chi connectivity index (χ4v) is 3.92. The molecule has 12 heteroatoms. The standard InChI is InChI=1S/C20H26N8O3S/c1-13(2)28-14(3)25-16-12-23-19(9-17(16)28)26-18-5-6-22-20(27-18)15(10-21)11-24-32(29,30)8-7-31-4/h5-6,9-13,21,24H,7-8H2,1-4H3,(H,22,23,26,27)/b15-11+,21-10?. The number of sulfonamides is 1. The van der Waals surface area contributed by atoms with E-state index in [9.17, 15) is 8.42 Å². The van der Waals surface area contributed by atoms with Crippen LogP contribution in [0.3, 0.4) is 0 Å². The highest BCUT2D eigenvalue weighted by atomic mass is 32.2. The van der Waals surface area contributed by atoms with E-state index in [-0.39, 0.29) is 29.8 Å². The molecule has 3 N–H and O–H groups in total. The Morgan fingerprint density at radius 2 is 2.06 bits per heavy atom. The fourth-order valence-electron chi connectivity index (χ4n) is 3.11. The van der Waals surface area contributed by atoms with Crippen LogP contribution in [0.15, 0.2) is 30.7 Å². The summed E-state index contributed by atoms with van der Waals surface area (Å²) in [5.41, 5.74) is 1.96. The number of pyridine rings is 1. The molecule has 0 radical (unpaired) electrons. The Balaban J connectivity index is 1.85. The molecule has 0 bridgehead atoms. The maximum Gasteiger partial charge on any atom is 0.234 e. The first-order valence-corrected chi connectivity index (χ1v) is 11.5. The Hall–Kier alpha value is -3.38. The van der Waals surface area contributed by atoms with Crippen molar-refractivity contribution in [3.05, 3.63) is 42.4 Å². The molecule has 32 heavy (non-hydrogen) atoms. The van der Waals surface area contributed by atoms with Crippen molar-refractivity contribution in [1.82, 2.24) is 29.2 Å². The van der Waals surface area contributed by atoms with Gasteiger partial charge in [0.15, 0.2) is 5.82 Å². The SMILES string of the molecule is COCCS(=O)(=O)N/C=C(\C=N)c1nccc(Nc2cc3c(cn2)nc(C)n3C(C)C)n1. The molecule has 0 aliphatic rings. The molecule has 0 aliphatic carbocycles. The summed E-state index contributed by atoms with van der Waals surface area (Å²) >= 11 is 0. The number of hydrogen-bond acceptors (Lipinski definition) is 9. The van der Waals surface area contributed by atoms with Gasteiger partial charge in [-0.3, -0.25) is 4.72 Å². The van der Waals surface area contributed by atoms with Gasteiger partial charge in [0.25, 0.3) is 0 Å². The van der Waals surface area contributed by atoms with Crippen molar-refractivity contribution in [2.24, 2.45) is 0 Å². The molecule has 3 aromatic heterocycles. The van der Waals surface area contributed by atoms with E-state index in [1.807, 2.05) is 13.0 Å². The number of ether oxygens (including phenoxy) is 1. The van der Waals surface area contributed by atoms with Gasteiger partial charge in [0, 0.05) is 37.8 Å². The third-order valence-electron chi connectivity index (χ3n) is 4.54. The predicted molar refractivity (Wildman–Crippen MR) is 124 cm³/mol. The third kappa shape index (κ3) is 5.45. The average molecular weight is 459 g/mol. The largest absolute Gasteiger partial charge is 0.384 e. The first kappa shape index (κ1) is 23.3. The molecule has 0 amide bonds. The maximum atomic E-state index is 12.0. The lowest BCUT2D eigenvalue weighted by Gasteiger charge is -2.11. The first-order valence-electron chi connectivity index (χ1n) is 9.88. The van der Waals surface area contributed by atoms with Crippen LogP contribution >= 0.6 is 0 Å². The molecule has 0 spiro atoms. The molecule has 170 valence electrons. The second-order valence-corrected chi connectivity index (χ2v) is 9.12. The minimum absolute atomic E-state index is 0.0611. The van der Waals surface area contributed by atoms with Crippen LogP contribution in [0.2, 0.25) is 0 Å². The van der Waals surface area contributed by atoms with Crippen LogP contribution in [0, 0.1) is 12.3 Å². The van der Waals surface area contributed by atoms with Crippen LogP contribution in [0.25, 0.3) is 16.6 Å². The number of hydrogen-bond donors (Lipinski definition) is 3. The highest BCUT2D eigenvalue weighted by Crippen LogP contribution is 2.23. The second-order valence-electron chi connectivity index (χ2n) is 7.25. The molecule has 3 heterocycles. The number of rotatable bonds is 10. The Morgan fingerprint density at radius 3 is 2.75 bits per heavy atom. The van der Waals surface area contributed by atoms with Crippen molar-refractivity contribution in [3.8, 4) is 0 Å². The highest BCUT2D eigenvalue weighted by molar-refractivity contribution is 7.89. The Kier molecular flexibility index (Phi) is 7.15. The van der Waals surface area contributed by atoms with Gasteiger partial charge < -0.3 is 20.0 Å². The fraction of sp³-hybridized carbons (Fsp3) is 0.350. The molecule has 0 aromatic carbocycles. The number of nitrogens with one attached hydrogen (secondary N) is 3. The zero-order valence-electron chi connectivity index (χ0n) is 18.3. The summed E-state index contributed by atoms with van der Waals surface area (Å²) in [4.78, 5) is 17.5. The van der Waals surface area contributed by atoms with Gasteiger partial charge >= 0.3 is 0 Å². The van der Waals surface area contributed by atoms with Gasteiger partial charge in [-0.1, -0.05) is 0 Å². The zero-order valence-corrected chi connectivity index (χ0v) is 19.1. The van der Waals surface area contributed by atoms with E-state index in [4.69, 9.17) is 10.1 Å². The van der Waals surface area contributed by atoms with Gasteiger partial charge in [-0.2, -0.15) is 0 Å². The van der Waals surface area contributed by atoms with Crippen LogP contribution in [-0.4, -0.2) is 58.6 Å². The summed E-state index contributed by atoms with van der Waals surface area (Å²) in [6.45, 7) is 6.20. The number of methoxy groups -OCH3 is 1. The Labute approximate surface area is 186 Å². The predicted octanol–water partition coefficient (Wildman–Crippen LogP) is 2.41. The van der Waals surface area contributed by atoms with E-state index in [1.165, 1.54) is 19.5 Å². The van der Waals surface area contributed by atoms with Crippen molar-refractivity contribution < 1.29 is 13.2 Å². The quantitative estimate of drug-likeness (QED) is 0.392. The third-order valence-corrected chi connectivity index (χ3v) is 5.73. The van der Waals surface area contributed by atoms with Gasteiger partial charge in [0.2, 0.25) is 10.0 Å². The van der Waals surface area contributed by atoms with Gasteiger partial charge in [-0.15, -0.1) is 0 Å². The minimum atomic E-state index is -3.59. The molecule has 0 fully saturated rings. The lowest BCUT2D eigenvalue weighted by molar-refractivity contribution is 0.217. The molecule has 0 aliphatic heterocycles. The van der Waals surface area contributed by atoms with Gasteiger partial charge in [0.1, 0.15) is 23.0 Å². The molecule has 0 unspecified atom stereocenters. The van der Waals surface area contributed by atoms with Gasteiger partial charge in [0.05, 0.1) is 29.6 Å². The van der Waals surface area contributed by atoms with Crippen LogP contribution < -0.4 is 10.0 Å². The second kappa shape index (κ2) is 9.83. The van der Waals surface area contributed by atoms with E-state index in [0.29, 0.717) is 11.6 Å². The molecule has 3 aromatic rings. The summed E-state index contributed by atoms with van der Waals surface area (Å²) in [6, 6.07) is 3.80. The number of imidazole rings is 1. The maximum absolute atomic E-state index is 12.0. The van der Waals surface area contributed by atoms with Gasteiger partial charge in [-0.25, -0.2) is 28.4 Å². The highest BCUT2D eigenvalue weighted by Gasteiger charge is 2.13. The number of fused-ring (bicyclic) bond motifs is 1. The number of anilines is 2. The zero-order chi connectivity index (χ0) is 23.3. The van der Waals surface area contributed by atoms with Crippen LogP contribution in [-0.2, 0) is 14.8 Å². The van der Waals surface area contributed by atoms with Crippen LogP contribution in [0.5, 0.6) is 0 Å². The Morgan fingerprint density at radius 1 is 1.28 bits per heavy atom. The van der Waals surface area contributed by atoms with Crippen molar-refractivity contribution >= 4 is 44.5 Å². The molecule has 3 rings (SSSR count). The van der Waals surface area contributed by atoms with E-state index in [2.05, 4.69) is 48.4 Å². The van der Waals surface area contributed by atoms with Crippen LogP contribution in [0.1, 0.15) is 31.5 Å². The lowest BCUT2D eigenvalue weighted by atomic mass is 10.3. The summed E-state index contributed by atoms with van der Waals surface area (Å²) < 4.78 is 33.1. The van der Waals surface area contributed by atoms with E-state index in [0.717, 1.165) is 23.1 Å². The molecule has 0 atom stereocenters. The van der Waals surface area contributed by atoms with Gasteiger partial charge in [-0.05, 0) is 26.8 Å². The molecular weight excluding hydrogens is 432 g/mol. The van der Waals surface area contributed by atoms with Crippen LogP contribution in [0.4, 0.5) is 11.6 Å². The molecule has 0 saturated carbocycles. The Bertz CT molecular complexity index is 1250. The van der Waals surface area contributed by atoms with Crippen molar-refractivity contribution in [3.63, 3.8) is 0 Å². The number of nitrogens with zero attached hydrogens (tertiary/aromatic N) is 5. The smallest absolute Gasteiger partial charge is 0.234 e. The van der Waals surface area contributed by atoms with E-state index < -0.39 is 10.0 Å². The van der Waals surface area contributed by atoms with Crippen molar-refractivity contribution in [1.29, 1.82) is 5.41 Å². The summed E-state index contributed by atoms with van der Waals surface area (Å²) in [7, 11) is -2.17. The van der Waals surface area contributed by atoms with Crippen molar-refractivity contribution in [2.45, 2.75) is 26.8 Å². The van der Waals surface area contributed by atoms with E-state index >= 15 is 0 Å². The number of aromatic nitrogens is 5. The number of aryl methyl sites for hydroxylation is 1. The summed E-state index contributed by atoms with van der Waals surface area (Å²) in [5, 5.41) is 10.7. The summed E-state index contributed by atoms with van der Waals surface area (Å²) in [6.07, 6.45) is 5.38. The number of allylic oxidation sites excluding steroid dienone is 1. The first-order chi connectivity index (χ1) is 15.2. The normalized spacial score (nSPS) is 12.3. The minimum Gasteiger partial charge on any atom is -0.384 e.